The van der Waals surface area contributed by atoms with E-state index in [1.54, 1.807) is 0 Å². The smallest absolute Gasteiger partial charge is 0.159 e. The Bertz CT molecular complexity index is 1240. The van der Waals surface area contributed by atoms with E-state index in [0.29, 0.717) is 12.0 Å². The van der Waals surface area contributed by atoms with Crippen molar-refractivity contribution in [2.75, 3.05) is 0 Å². The zero-order chi connectivity index (χ0) is 21.7. The summed E-state index contributed by atoms with van der Waals surface area (Å²) < 4.78 is 4.66. The van der Waals surface area contributed by atoms with Gasteiger partial charge in [-0.2, -0.15) is 0 Å². The van der Waals surface area contributed by atoms with Gasteiger partial charge in [-0.1, -0.05) is 45.9 Å². The minimum Gasteiger partial charge on any atom is -0.347 e. The lowest BCUT2D eigenvalue weighted by atomic mass is 9.98. The van der Waals surface area contributed by atoms with Gasteiger partial charge in [0.1, 0.15) is 5.52 Å². The quantitative estimate of drug-likeness (QED) is 0.360. The molecule has 4 rings (SSSR count). The van der Waals surface area contributed by atoms with Crippen LogP contribution in [-0.2, 0) is 7.05 Å². The van der Waals surface area contributed by atoms with Gasteiger partial charge in [0.2, 0.25) is 0 Å². The van der Waals surface area contributed by atoms with E-state index >= 15 is 0 Å². The average molecular weight is 403 g/mol. The van der Waals surface area contributed by atoms with E-state index in [1.165, 1.54) is 33.3 Å². The maximum atomic E-state index is 5.22. The van der Waals surface area contributed by atoms with Crippen LogP contribution < -0.4 is 0 Å². The summed E-state index contributed by atoms with van der Waals surface area (Å²) in [5, 5.41) is 1.27. The summed E-state index contributed by atoms with van der Waals surface area (Å²) >= 11 is 0. The number of nitrogens with zero attached hydrogens (tertiary/aromatic N) is 4. The summed E-state index contributed by atoms with van der Waals surface area (Å²) in [6.07, 6.45) is 4.43. The van der Waals surface area contributed by atoms with Gasteiger partial charge in [-0.3, -0.25) is 0 Å². The summed E-state index contributed by atoms with van der Waals surface area (Å²) in [6, 6.07) is 7.12. The van der Waals surface area contributed by atoms with Gasteiger partial charge in [-0.05, 0) is 50.7 Å². The van der Waals surface area contributed by atoms with Crippen LogP contribution in [0.4, 0.5) is 0 Å². The molecular formula is C26H34N4. The van der Waals surface area contributed by atoms with Gasteiger partial charge in [0.15, 0.2) is 5.65 Å². The predicted octanol–water partition coefficient (Wildman–Crippen LogP) is 7.00. The van der Waals surface area contributed by atoms with Gasteiger partial charge in [0, 0.05) is 35.9 Å². The van der Waals surface area contributed by atoms with E-state index < -0.39 is 0 Å². The Morgan fingerprint density at radius 3 is 2.33 bits per heavy atom. The van der Waals surface area contributed by atoms with E-state index in [1.807, 2.05) is 0 Å². The van der Waals surface area contributed by atoms with Crippen molar-refractivity contribution in [1.82, 2.24) is 19.1 Å². The van der Waals surface area contributed by atoms with Crippen LogP contribution >= 0.6 is 0 Å². The van der Waals surface area contributed by atoms with E-state index in [0.717, 1.165) is 35.4 Å². The van der Waals surface area contributed by atoms with Gasteiger partial charge in [0.25, 0.3) is 0 Å². The number of rotatable bonds is 5. The number of para-hydroxylation sites is 1. The third-order valence-electron chi connectivity index (χ3n) is 6.73. The Morgan fingerprint density at radius 1 is 1.00 bits per heavy atom. The second kappa shape index (κ2) is 7.57. The normalized spacial score (nSPS) is 12.2. The van der Waals surface area contributed by atoms with Crippen molar-refractivity contribution < 1.29 is 0 Å². The van der Waals surface area contributed by atoms with Crippen LogP contribution in [0.15, 0.2) is 24.4 Å². The monoisotopic (exact) mass is 402 g/mol. The van der Waals surface area contributed by atoms with Crippen LogP contribution in [0.1, 0.15) is 75.0 Å². The zero-order valence-electron chi connectivity index (χ0n) is 19.7. The number of hydrogen-bond acceptors (Lipinski definition) is 2. The first-order valence-electron chi connectivity index (χ1n) is 11.2. The van der Waals surface area contributed by atoms with Crippen LogP contribution in [0.25, 0.3) is 33.3 Å². The summed E-state index contributed by atoms with van der Waals surface area (Å²) in [6.45, 7) is 15.5. The molecule has 1 aromatic carbocycles. The van der Waals surface area contributed by atoms with E-state index in [-0.39, 0.29) is 0 Å². The second-order valence-electron chi connectivity index (χ2n) is 8.94. The fourth-order valence-corrected chi connectivity index (χ4v) is 4.91. The van der Waals surface area contributed by atoms with Gasteiger partial charge in [-0.25, -0.2) is 9.97 Å². The molecule has 158 valence electrons. The molecule has 4 nitrogen and oxygen atoms in total. The predicted molar refractivity (Wildman–Crippen MR) is 127 cm³/mol. The van der Waals surface area contributed by atoms with Crippen molar-refractivity contribution in [3.8, 4) is 11.3 Å². The molecule has 0 N–H and O–H groups in total. The summed E-state index contributed by atoms with van der Waals surface area (Å²) in [5.74, 6) is 0.473. The van der Waals surface area contributed by atoms with Crippen LogP contribution in [-0.4, -0.2) is 19.1 Å². The van der Waals surface area contributed by atoms with E-state index in [2.05, 4.69) is 89.0 Å². The molecule has 3 aromatic heterocycles. The maximum Gasteiger partial charge on any atom is 0.159 e. The first kappa shape index (κ1) is 20.6. The van der Waals surface area contributed by atoms with Crippen LogP contribution in [0.2, 0.25) is 0 Å². The SMILES string of the molecule is CCC(CC)n1cc(C)c2nc(-c3c(C)n(C)c4c(C(C)C)cccc34)c(C)nc21. The largest absolute Gasteiger partial charge is 0.347 e. The Labute approximate surface area is 180 Å². The minimum atomic E-state index is 0.466. The van der Waals surface area contributed by atoms with Crippen LogP contribution in [0, 0.1) is 20.8 Å². The lowest BCUT2D eigenvalue weighted by molar-refractivity contribution is 0.482. The van der Waals surface area contributed by atoms with E-state index in [4.69, 9.17) is 9.97 Å². The van der Waals surface area contributed by atoms with Crippen molar-refractivity contribution in [2.24, 2.45) is 7.05 Å². The van der Waals surface area contributed by atoms with Crippen LogP contribution in [0.5, 0.6) is 0 Å². The Hall–Kier alpha value is -2.62. The molecule has 0 spiro atoms. The maximum absolute atomic E-state index is 5.22. The lowest BCUT2D eigenvalue weighted by Gasteiger charge is -2.16. The molecule has 0 aliphatic heterocycles. The van der Waals surface area contributed by atoms with Crippen molar-refractivity contribution in [2.45, 2.75) is 73.3 Å². The first-order chi connectivity index (χ1) is 14.3. The van der Waals surface area contributed by atoms with Crippen molar-refractivity contribution >= 4 is 22.1 Å². The summed E-state index contributed by atoms with van der Waals surface area (Å²) in [5.41, 5.74) is 10.4. The molecule has 0 fully saturated rings. The van der Waals surface area contributed by atoms with Gasteiger partial charge < -0.3 is 9.13 Å². The average Bonchev–Trinajstić information content (AvgIpc) is 3.16. The Morgan fingerprint density at radius 2 is 1.70 bits per heavy atom. The zero-order valence-corrected chi connectivity index (χ0v) is 19.7. The molecule has 4 heteroatoms. The van der Waals surface area contributed by atoms with Gasteiger partial charge in [0.05, 0.1) is 16.9 Å². The molecule has 3 heterocycles. The Kier molecular flexibility index (Phi) is 5.21. The molecular weight excluding hydrogens is 368 g/mol. The standard InChI is InChI=1S/C26H34N4/c1-9-19(10-2)30-14-16(5)23-26(30)27-17(6)24(28-23)22-18(7)29(8)25-20(15(3)4)12-11-13-21(22)25/h11-15,19H,9-10H2,1-8H3. The number of hydrogen-bond donors (Lipinski definition) is 0. The number of benzene rings is 1. The topological polar surface area (TPSA) is 35.6 Å². The fourth-order valence-electron chi connectivity index (χ4n) is 4.91. The first-order valence-corrected chi connectivity index (χ1v) is 11.2. The molecule has 0 radical (unpaired) electrons. The summed E-state index contributed by atoms with van der Waals surface area (Å²) in [7, 11) is 2.17. The minimum absolute atomic E-state index is 0.466. The molecule has 0 amide bonds. The molecule has 30 heavy (non-hydrogen) atoms. The third kappa shape index (κ3) is 2.96. The van der Waals surface area contributed by atoms with E-state index in [9.17, 15) is 0 Å². The molecule has 0 aliphatic rings. The van der Waals surface area contributed by atoms with Crippen molar-refractivity contribution in [1.29, 1.82) is 0 Å². The molecule has 4 aromatic rings. The highest BCUT2D eigenvalue weighted by atomic mass is 15.1. The van der Waals surface area contributed by atoms with Crippen molar-refractivity contribution in [3.63, 3.8) is 0 Å². The second-order valence-corrected chi connectivity index (χ2v) is 8.94. The highest BCUT2D eigenvalue weighted by Crippen LogP contribution is 2.38. The highest BCUT2D eigenvalue weighted by Gasteiger charge is 2.22. The van der Waals surface area contributed by atoms with Gasteiger partial charge in [-0.15, -0.1) is 0 Å². The highest BCUT2D eigenvalue weighted by molar-refractivity contribution is 6.00. The molecule has 0 saturated heterocycles. The molecule has 0 unspecified atom stereocenters. The molecule has 0 atom stereocenters. The lowest BCUT2D eigenvalue weighted by Crippen LogP contribution is -2.07. The van der Waals surface area contributed by atoms with Gasteiger partial charge >= 0.3 is 0 Å². The number of aromatic nitrogens is 4. The summed E-state index contributed by atoms with van der Waals surface area (Å²) in [4.78, 5) is 10.3. The molecule has 0 aliphatic carbocycles. The molecule has 0 bridgehead atoms. The fraction of sp³-hybridized carbons (Fsp3) is 0.462. The number of aryl methyl sites for hydroxylation is 3. The Balaban J connectivity index is 2.03. The van der Waals surface area contributed by atoms with Crippen LogP contribution in [0.3, 0.4) is 0 Å². The van der Waals surface area contributed by atoms with Crippen molar-refractivity contribution in [3.05, 3.63) is 46.9 Å². The number of fused-ring (bicyclic) bond motifs is 2. The molecule has 0 saturated carbocycles. The third-order valence-corrected chi connectivity index (χ3v) is 6.73.